The lowest BCUT2D eigenvalue weighted by molar-refractivity contribution is -0.0466. The Hall–Kier alpha value is -0.830. The second-order valence-electron chi connectivity index (χ2n) is 6.07. The number of fused-ring (bicyclic) bond motifs is 1. The Morgan fingerprint density at radius 1 is 1.37 bits per heavy atom. The molecule has 3 atom stereocenters. The molecule has 2 nitrogen and oxygen atoms in total. The number of ketones is 1. The summed E-state index contributed by atoms with van der Waals surface area (Å²) < 4.78 is 7.26. The number of halogens is 1. The predicted molar refractivity (Wildman–Crippen MR) is 78.6 cm³/mol. The maximum atomic E-state index is 12.5. The number of carbonyl (C=O) groups is 1. The highest BCUT2D eigenvalue weighted by molar-refractivity contribution is 9.10. The lowest BCUT2D eigenvalue weighted by Gasteiger charge is -2.47. The van der Waals surface area contributed by atoms with Crippen molar-refractivity contribution in [2.75, 3.05) is 0 Å². The van der Waals surface area contributed by atoms with Crippen LogP contribution in [0.2, 0.25) is 0 Å². The lowest BCUT2D eigenvalue weighted by atomic mass is 9.67. The molecular formula is C16H19BrO2. The van der Waals surface area contributed by atoms with Gasteiger partial charge >= 0.3 is 0 Å². The summed E-state index contributed by atoms with van der Waals surface area (Å²) in [5.74, 6) is 2.05. The van der Waals surface area contributed by atoms with Gasteiger partial charge in [0.15, 0.2) is 5.78 Å². The molecule has 3 heteroatoms. The van der Waals surface area contributed by atoms with Crippen molar-refractivity contribution in [2.45, 2.75) is 45.1 Å². The first-order valence-electron chi connectivity index (χ1n) is 7.04. The number of hydrogen-bond donors (Lipinski definition) is 0. The average molecular weight is 323 g/mol. The molecule has 0 saturated heterocycles. The van der Waals surface area contributed by atoms with E-state index in [1.807, 2.05) is 18.2 Å². The van der Waals surface area contributed by atoms with Crippen molar-refractivity contribution in [1.82, 2.24) is 0 Å². The maximum Gasteiger partial charge on any atom is 0.170 e. The summed E-state index contributed by atoms with van der Waals surface area (Å²) in [6.45, 7) is 4.51. The first kappa shape index (κ1) is 13.2. The van der Waals surface area contributed by atoms with Crippen LogP contribution in [0.15, 0.2) is 22.7 Å². The van der Waals surface area contributed by atoms with E-state index >= 15 is 0 Å². The predicted octanol–water partition coefficient (Wildman–Crippen LogP) is 4.61. The first-order chi connectivity index (χ1) is 9.02. The maximum absolute atomic E-state index is 12.5. The van der Waals surface area contributed by atoms with E-state index in [4.69, 9.17) is 4.74 Å². The topological polar surface area (TPSA) is 26.3 Å². The van der Waals surface area contributed by atoms with Gasteiger partial charge in [-0.15, -0.1) is 0 Å². The molecule has 0 amide bonds. The fraction of sp³-hybridized carbons (Fsp3) is 0.562. The van der Waals surface area contributed by atoms with Gasteiger partial charge in [0, 0.05) is 4.47 Å². The molecule has 0 radical (unpaired) electrons. The molecule has 1 spiro atoms. The van der Waals surface area contributed by atoms with E-state index in [-0.39, 0.29) is 11.4 Å². The molecule has 102 valence electrons. The molecule has 0 bridgehead atoms. The summed E-state index contributed by atoms with van der Waals surface area (Å²) in [6, 6.07) is 5.74. The van der Waals surface area contributed by atoms with Crippen LogP contribution in [0.4, 0.5) is 0 Å². The van der Waals surface area contributed by atoms with Crippen molar-refractivity contribution in [1.29, 1.82) is 0 Å². The van der Waals surface area contributed by atoms with Crippen molar-refractivity contribution < 1.29 is 9.53 Å². The fourth-order valence-electron chi connectivity index (χ4n) is 3.54. The van der Waals surface area contributed by atoms with E-state index in [1.165, 1.54) is 6.42 Å². The average Bonchev–Trinajstić information content (AvgIpc) is 2.37. The number of rotatable bonds is 0. The highest BCUT2D eigenvalue weighted by Crippen LogP contribution is 2.47. The molecule has 1 aliphatic heterocycles. The zero-order chi connectivity index (χ0) is 13.6. The van der Waals surface area contributed by atoms with Crippen molar-refractivity contribution >= 4 is 21.7 Å². The summed E-state index contributed by atoms with van der Waals surface area (Å²) in [5.41, 5.74) is 0.459. The van der Waals surface area contributed by atoms with E-state index in [0.717, 1.165) is 28.6 Å². The van der Waals surface area contributed by atoms with E-state index in [0.29, 0.717) is 18.3 Å². The van der Waals surface area contributed by atoms with Crippen molar-refractivity contribution in [3.05, 3.63) is 28.2 Å². The molecule has 0 N–H and O–H groups in total. The minimum Gasteiger partial charge on any atom is -0.486 e. The molecule has 1 aliphatic carbocycles. The monoisotopic (exact) mass is 322 g/mol. The van der Waals surface area contributed by atoms with Crippen LogP contribution in [0, 0.1) is 11.8 Å². The second-order valence-corrected chi connectivity index (χ2v) is 6.98. The van der Waals surface area contributed by atoms with Gasteiger partial charge in [-0.2, -0.15) is 0 Å². The Kier molecular flexibility index (Phi) is 3.20. The zero-order valence-corrected chi connectivity index (χ0v) is 13.0. The number of carbonyl (C=O) groups excluding carboxylic acids is 1. The van der Waals surface area contributed by atoms with Crippen LogP contribution in [0.3, 0.4) is 0 Å². The van der Waals surface area contributed by atoms with Crippen molar-refractivity contribution in [2.24, 2.45) is 11.8 Å². The highest BCUT2D eigenvalue weighted by atomic mass is 79.9. The molecule has 1 aromatic rings. The molecular weight excluding hydrogens is 304 g/mol. The van der Waals surface area contributed by atoms with Gasteiger partial charge in [-0.3, -0.25) is 4.79 Å². The SMILES string of the molecule is CC1CCCC2(CC(=O)c3cc(Br)ccc3O2)C1C. The van der Waals surface area contributed by atoms with Gasteiger partial charge in [0.2, 0.25) is 0 Å². The van der Waals surface area contributed by atoms with Crippen LogP contribution in [-0.4, -0.2) is 11.4 Å². The van der Waals surface area contributed by atoms with Gasteiger partial charge in [0.1, 0.15) is 11.4 Å². The van der Waals surface area contributed by atoms with Crippen LogP contribution >= 0.6 is 15.9 Å². The Balaban J connectivity index is 2.00. The van der Waals surface area contributed by atoms with Crippen molar-refractivity contribution in [3.63, 3.8) is 0 Å². The van der Waals surface area contributed by atoms with Gasteiger partial charge < -0.3 is 4.74 Å². The Bertz CT molecular complexity index is 525. The third-order valence-electron chi connectivity index (χ3n) is 4.96. The van der Waals surface area contributed by atoms with Crippen LogP contribution in [0.5, 0.6) is 5.75 Å². The smallest absolute Gasteiger partial charge is 0.170 e. The lowest BCUT2D eigenvalue weighted by Crippen LogP contribution is -2.51. The first-order valence-corrected chi connectivity index (χ1v) is 7.83. The molecule has 0 aromatic heterocycles. The number of benzene rings is 1. The Labute approximate surface area is 122 Å². The van der Waals surface area contributed by atoms with Gasteiger partial charge in [0.25, 0.3) is 0 Å². The molecule has 19 heavy (non-hydrogen) atoms. The van der Waals surface area contributed by atoms with E-state index in [1.54, 1.807) is 0 Å². The number of ether oxygens (including phenoxy) is 1. The second kappa shape index (κ2) is 4.62. The largest absolute Gasteiger partial charge is 0.486 e. The van der Waals surface area contributed by atoms with Crippen LogP contribution in [0.1, 0.15) is 49.9 Å². The molecule has 2 aliphatic rings. The van der Waals surface area contributed by atoms with Crippen LogP contribution in [-0.2, 0) is 0 Å². The van der Waals surface area contributed by atoms with Gasteiger partial charge in [0.05, 0.1) is 12.0 Å². The highest BCUT2D eigenvalue weighted by Gasteiger charge is 2.48. The molecule has 1 heterocycles. The molecule has 3 rings (SSSR count). The van der Waals surface area contributed by atoms with Gasteiger partial charge in [-0.1, -0.05) is 36.2 Å². The summed E-state index contributed by atoms with van der Waals surface area (Å²) in [6.07, 6.45) is 3.93. The summed E-state index contributed by atoms with van der Waals surface area (Å²) in [4.78, 5) is 12.5. The van der Waals surface area contributed by atoms with Crippen LogP contribution < -0.4 is 4.74 Å². The molecule has 3 unspecified atom stereocenters. The third kappa shape index (κ3) is 2.12. The minimum atomic E-state index is -0.268. The van der Waals surface area contributed by atoms with Gasteiger partial charge in [-0.25, -0.2) is 0 Å². The summed E-state index contributed by atoms with van der Waals surface area (Å²) in [7, 11) is 0. The Morgan fingerprint density at radius 2 is 2.16 bits per heavy atom. The number of hydrogen-bond acceptors (Lipinski definition) is 2. The summed E-state index contributed by atoms with van der Waals surface area (Å²) >= 11 is 3.42. The Morgan fingerprint density at radius 3 is 2.95 bits per heavy atom. The minimum absolute atomic E-state index is 0.225. The molecule has 1 fully saturated rings. The van der Waals surface area contributed by atoms with Crippen LogP contribution in [0.25, 0.3) is 0 Å². The van der Waals surface area contributed by atoms with E-state index < -0.39 is 0 Å². The van der Waals surface area contributed by atoms with E-state index in [9.17, 15) is 4.79 Å². The van der Waals surface area contributed by atoms with E-state index in [2.05, 4.69) is 29.8 Å². The fourth-order valence-corrected chi connectivity index (χ4v) is 3.91. The zero-order valence-electron chi connectivity index (χ0n) is 11.4. The molecule has 1 saturated carbocycles. The number of Topliss-reactive ketones (excluding diaryl/α,β-unsaturated/α-hetero) is 1. The molecule has 1 aromatic carbocycles. The normalized spacial score (nSPS) is 33.9. The van der Waals surface area contributed by atoms with Crippen molar-refractivity contribution in [3.8, 4) is 5.75 Å². The quantitative estimate of drug-likeness (QED) is 0.697. The summed E-state index contributed by atoms with van der Waals surface area (Å²) in [5, 5.41) is 0. The van der Waals surface area contributed by atoms with Gasteiger partial charge in [-0.05, 0) is 42.9 Å². The third-order valence-corrected chi connectivity index (χ3v) is 5.45. The standard InChI is InChI=1S/C16H19BrO2/c1-10-4-3-7-16(11(10)2)9-14(18)13-8-12(17)5-6-15(13)19-16/h5-6,8,10-11H,3-4,7,9H2,1-2H3.